The van der Waals surface area contributed by atoms with Crippen LogP contribution in [0.5, 0.6) is 0 Å². The minimum absolute atomic E-state index is 0.0777. The maximum absolute atomic E-state index is 12.7. The van der Waals surface area contributed by atoms with Gasteiger partial charge in [-0.1, -0.05) is 6.07 Å². The number of carbonyl (C=O) groups excluding carboxylic acids is 1. The molecule has 0 aliphatic carbocycles. The van der Waals surface area contributed by atoms with Crippen molar-refractivity contribution in [2.24, 2.45) is 0 Å². The Labute approximate surface area is 163 Å². The molecule has 1 saturated heterocycles. The quantitative estimate of drug-likeness (QED) is 0.644. The van der Waals surface area contributed by atoms with Crippen LogP contribution in [0.4, 0.5) is 0 Å². The van der Waals surface area contributed by atoms with Crippen molar-refractivity contribution in [3.05, 3.63) is 66.1 Å². The van der Waals surface area contributed by atoms with Gasteiger partial charge in [0.1, 0.15) is 5.65 Å². The van der Waals surface area contributed by atoms with Gasteiger partial charge in [0.2, 0.25) is 0 Å². The molecule has 140 valence electrons. The average Bonchev–Trinajstić information content (AvgIpc) is 3.08. The number of hydrogen-bond donors (Lipinski definition) is 0. The fraction of sp³-hybridized carbons (Fsp3) is 0.333. The lowest BCUT2D eigenvalue weighted by molar-refractivity contribution is -0.0586. The standard InChI is InChI=1S/C21H23N3O2S/c1-15-11-24(12-16(2)26-15)21(25)17-6-8-19(9-7-17)27-14-18-13-23-10-4-3-5-20(23)22-18/h3-10,13,15-16H,11-12,14H2,1-2H3. The zero-order chi connectivity index (χ0) is 18.8. The number of thioether (sulfide) groups is 1. The molecule has 2 atom stereocenters. The third-order valence-corrected chi connectivity index (χ3v) is 5.65. The molecule has 0 spiro atoms. The SMILES string of the molecule is CC1CN(C(=O)c2ccc(SCc3cn4ccccc4n3)cc2)CC(C)O1. The molecule has 1 aromatic carbocycles. The van der Waals surface area contributed by atoms with Crippen LogP contribution in [0.1, 0.15) is 29.9 Å². The summed E-state index contributed by atoms with van der Waals surface area (Å²) in [6, 6.07) is 13.9. The molecule has 0 radical (unpaired) electrons. The zero-order valence-electron chi connectivity index (χ0n) is 15.5. The number of carbonyl (C=O) groups is 1. The number of rotatable bonds is 4. The highest BCUT2D eigenvalue weighted by atomic mass is 32.2. The molecule has 2 aromatic heterocycles. The summed E-state index contributed by atoms with van der Waals surface area (Å²) in [4.78, 5) is 20.4. The van der Waals surface area contributed by atoms with E-state index < -0.39 is 0 Å². The van der Waals surface area contributed by atoms with Crippen molar-refractivity contribution in [1.29, 1.82) is 0 Å². The number of amides is 1. The van der Waals surface area contributed by atoms with Crippen molar-refractivity contribution in [3.63, 3.8) is 0 Å². The molecule has 0 bridgehead atoms. The number of ether oxygens (including phenoxy) is 1. The lowest BCUT2D eigenvalue weighted by atomic mass is 10.1. The summed E-state index contributed by atoms with van der Waals surface area (Å²) >= 11 is 1.72. The van der Waals surface area contributed by atoms with Crippen LogP contribution in [0.25, 0.3) is 5.65 Å². The van der Waals surface area contributed by atoms with E-state index in [2.05, 4.69) is 11.2 Å². The van der Waals surface area contributed by atoms with Crippen LogP contribution in [0.3, 0.4) is 0 Å². The first-order chi connectivity index (χ1) is 13.1. The average molecular weight is 382 g/mol. The van der Waals surface area contributed by atoms with E-state index in [1.807, 2.05) is 71.8 Å². The second-order valence-corrected chi connectivity index (χ2v) is 8.03. The summed E-state index contributed by atoms with van der Waals surface area (Å²) < 4.78 is 7.74. The Kier molecular flexibility index (Phi) is 5.18. The highest BCUT2D eigenvalue weighted by Crippen LogP contribution is 2.24. The Morgan fingerprint density at radius 3 is 2.59 bits per heavy atom. The molecule has 0 N–H and O–H groups in total. The van der Waals surface area contributed by atoms with E-state index in [1.54, 1.807) is 11.8 Å². The van der Waals surface area contributed by atoms with Crippen molar-refractivity contribution in [2.75, 3.05) is 13.1 Å². The molecule has 4 rings (SSSR count). The molecule has 2 unspecified atom stereocenters. The molecule has 3 aromatic rings. The molecule has 1 aliphatic heterocycles. The number of imidazole rings is 1. The summed E-state index contributed by atoms with van der Waals surface area (Å²) in [5, 5.41) is 0. The second kappa shape index (κ2) is 7.74. The Morgan fingerprint density at radius 2 is 1.89 bits per heavy atom. The van der Waals surface area contributed by atoms with Crippen LogP contribution in [0, 0.1) is 0 Å². The van der Waals surface area contributed by atoms with Crippen LogP contribution in [0.2, 0.25) is 0 Å². The van der Waals surface area contributed by atoms with Crippen molar-refractivity contribution in [2.45, 2.75) is 36.7 Å². The van der Waals surface area contributed by atoms with E-state index >= 15 is 0 Å². The molecular weight excluding hydrogens is 358 g/mol. The molecule has 0 saturated carbocycles. The van der Waals surface area contributed by atoms with Crippen molar-refractivity contribution < 1.29 is 9.53 Å². The van der Waals surface area contributed by atoms with Gasteiger partial charge in [-0.3, -0.25) is 4.79 Å². The highest BCUT2D eigenvalue weighted by molar-refractivity contribution is 7.98. The fourth-order valence-electron chi connectivity index (χ4n) is 3.43. The minimum atomic E-state index is 0.0777. The van der Waals surface area contributed by atoms with Crippen LogP contribution in [-0.2, 0) is 10.5 Å². The molecule has 6 heteroatoms. The third-order valence-electron chi connectivity index (χ3n) is 4.61. The van der Waals surface area contributed by atoms with Gasteiger partial charge < -0.3 is 14.0 Å². The van der Waals surface area contributed by atoms with Crippen LogP contribution in [0.15, 0.2) is 59.8 Å². The lowest BCUT2D eigenvalue weighted by Gasteiger charge is -2.35. The van der Waals surface area contributed by atoms with Gasteiger partial charge in [0.05, 0.1) is 17.9 Å². The second-order valence-electron chi connectivity index (χ2n) is 6.98. The van der Waals surface area contributed by atoms with Crippen LogP contribution < -0.4 is 0 Å². The first-order valence-electron chi connectivity index (χ1n) is 9.19. The Bertz CT molecular complexity index is 895. The highest BCUT2D eigenvalue weighted by Gasteiger charge is 2.26. The minimum Gasteiger partial charge on any atom is -0.372 e. The Balaban J connectivity index is 1.39. The molecular formula is C21H23N3O2S. The summed E-state index contributed by atoms with van der Waals surface area (Å²) in [5.74, 6) is 0.877. The fourth-order valence-corrected chi connectivity index (χ4v) is 4.22. The summed E-state index contributed by atoms with van der Waals surface area (Å²) in [5.41, 5.74) is 2.74. The first kappa shape index (κ1) is 18.1. The molecule has 1 aliphatic rings. The molecule has 1 fully saturated rings. The summed E-state index contributed by atoms with van der Waals surface area (Å²) in [7, 11) is 0. The number of aromatic nitrogens is 2. The van der Waals surface area contributed by atoms with E-state index in [-0.39, 0.29) is 18.1 Å². The van der Waals surface area contributed by atoms with E-state index in [1.165, 1.54) is 0 Å². The van der Waals surface area contributed by atoms with Gasteiger partial charge in [-0.25, -0.2) is 4.98 Å². The number of fused-ring (bicyclic) bond motifs is 1. The predicted molar refractivity (Wildman–Crippen MR) is 107 cm³/mol. The van der Waals surface area contributed by atoms with Gasteiger partial charge >= 0.3 is 0 Å². The topological polar surface area (TPSA) is 46.8 Å². The van der Waals surface area contributed by atoms with Gasteiger partial charge in [-0.05, 0) is 50.2 Å². The molecule has 27 heavy (non-hydrogen) atoms. The predicted octanol–water partition coefficient (Wildman–Crippen LogP) is 3.88. The van der Waals surface area contributed by atoms with Gasteiger partial charge in [-0.15, -0.1) is 11.8 Å². The smallest absolute Gasteiger partial charge is 0.254 e. The summed E-state index contributed by atoms with van der Waals surface area (Å²) in [6.45, 7) is 5.31. The van der Waals surface area contributed by atoms with Crippen LogP contribution in [-0.4, -0.2) is 45.5 Å². The Hall–Kier alpha value is -2.31. The van der Waals surface area contributed by atoms with E-state index in [9.17, 15) is 4.79 Å². The number of pyridine rings is 1. The van der Waals surface area contributed by atoms with E-state index in [0.29, 0.717) is 13.1 Å². The van der Waals surface area contributed by atoms with Crippen molar-refractivity contribution in [1.82, 2.24) is 14.3 Å². The number of morpholine rings is 1. The monoisotopic (exact) mass is 381 g/mol. The number of hydrogen-bond acceptors (Lipinski definition) is 4. The maximum atomic E-state index is 12.7. The summed E-state index contributed by atoms with van der Waals surface area (Å²) in [6.07, 6.45) is 4.22. The van der Waals surface area contributed by atoms with Gasteiger partial charge in [-0.2, -0.15) is 0 Å². The van der Waals surface area contributed by atoms with Crippen molar-refractivity contribution in [3.8, 4) is 0 Å². The van der Waals surface area contributed by atoms with Gasteiger partial charge in [0.15, 0.2) is 0 Å². The molecule has 3 heterocycles. The van der Waals surface area contributed by atoms with E-state index in [0.717, 1.165) is 27.6 Å². The van der Waals surface area contributed by atoms with Crippen molar-refractivity contribution >= 4 is 23.3 Å². The third kappa shape index (κ3) is 4.17. The lowest BCUT2D eigenvalue weighted by Crippen LogP contribution is -2.48. The van der Waals surface area contributed by atoms with E-state index in [4.69, 9.17) is 4.74 Å². The number of nitrogens with zero attached hydrogens (tertiary/aromatic N) is 3. The molecule has 1 amide bonds. The molecule has 5 nitrogen and oxygen atoms in total. The first-order valence-corrected chi connectivity index (χ1v) is 10.2. The zero-order valence-corrected chi connectivity index (χ0v) is 16.4. The largest absolute Gasteiger partial charge is 0.372 e. The number of benzene rings is 1. The van der Waals surface area contributed by atoms with Gasteiger partial charge in [0.25, 0.3) is 5.91 Å². The maximum Gasteiger partial charge on any atom is 0.254 e. The Morgan fingerprint density at radius 1 is 1.15 bits per heavy atom. The van der Waals surface area contributed by atoms with Crippen LogP contribution >= 0.6 is 11.8 Å². The van der Waals surface area contributed by atoms with Gasteiger partial charge in [0, 0.05) is 41.7 Å². The normalized spacial score (nSPS) is 20.1.